The second-order valence-corrected chi connectivity index (χ2v) is 9.99. The molecule has 2 heterocycles. The van der Waals surface area contributed by atoms with Gasteiger partial charge in [0.05, 0.1) is 11.1 Å². The molecule has 0 saturated heterocycles. The van der Waals surface area contributed by atoms with Crippen molar-refractivity contribution in [3.63, 3.8) is 0 Å². The first-order valence-corrected chi connectivity index (χ1v) is 12.9. The normalized spacial score (nSPS) is 10.6. The van der Waals surface area contributed by atoms with Gasteiger partial charge in [0.15, 0.2) is 0 Å². The Kier molecular flexibility index (Phi) is 8.37. The number of aromatic hydroxyl groups is 2. The van der Waals surface area contributed by atoms with Crippen molar-refractivity contribution in [3.05, 3.63) is 69.0 Å². The molecule has 0 fully saturated rings. The Balaban J connectivity index is 1.38. The standard InChI is InChI=1S/C30H28Cl2N4O2/c1-19-13-27(37)23(15-25(19)31)29-21(17-35(3)33-29)11-9-7-5-6-8-10-12-22-18-36(4)34-30(22)24-16-26(32)20(2)14-28(24)38/h13-18,37-38H,5-8H2,1-4H3. The van der Waals surface area contributed by atoms with Crippen LogP contribution in [0.15, 0.2) is 36.7 Å². The van der Waals surface area contributed by atoms with Crippen LogP contribution in [0, 0.1) is 37.5 Å². The highest BCUT2D eigenvalue weighted by Gasteiger charge is 2.16. The van der Waals surface area contributed by atoms with Gasteiger partial charge in [0, 0.05) is 60.5 Å². The molecule has 0 amide bonds. The molecule has 0 unspecified atom stereocenters. The Bertz CT molecular complexity index is 1510. The van der Waals surface area contributed by atoms with Crippen molar-refractivity contribution < 1.29 is 10.2 Å². The SMILES string of the molecule is Cc1cc(O)c(-c2nn(C)cc2C#CCCCCC#Cc2cn(C)nc2-c2cc(Cl)c(C)cc2O)cc1Cl. The van der Waals surface area contributed by atoms with Crippen molar-refractivity contribution in [3.8, 4) is 57.7 Å². The number of benzene rings is 2. The molecular formula is C30H28Cl2N4O2. The van der Waals surface area contributed by atoms with Gasteiger partial charge in [-0.15, -0.1) is 0 Å². The lowest BCUT2D eigenvalue weighted by Crippen LogP contribution is -1.89. The lowest BCUT2D eigenvalue weighted by atomic mass is 10.0. The van der Waals surface area contributed by atoms with Crippen LogP contribution in [0.4, 0.5) is 0 Å². The van der Waals surface area contributed by atoms with Gasteiger partial charge in [0.2, 0.25) is 0 Å². The van der Waals surface area contributed by atoms with Crippen molar-refractivity contribution in [2.24, 2.45) is 14.1 Å². The smallest absolute Gasteiger partial charge is 0.125 e. The van der Waals surface area contributed by atoms with Crippen LogP contribution >= 0.6 is 23.2 Å². The molecule has 4 rings (SSSR count). The van der Waals surface area contributed by atoms with Gasteiger partial charge in [0.25, 0.3) is 0 Å². The molecule has 8 heteroatoms. The van der Waals surface area contributed by atoms with Crippen LogP contribution in [-0.4, -0.2) is 29.8 Å². The van der Waals surface area contributed by atoms with E-state index in [0.29, 0.717) is 45.4 Å². The lowest BCUT2D eigenvalue weighted by Gasteiger charge is -2.05. The number of phenolic OH excluding ortho intramolecular Hbond substituents is 2. The molecule has 194 valence electrons. The number of rotatable bonds is 5. The summed E-state index contributed by atoms with van der Waals surface area (Å²) in [6.07, 6.45) is 6.90. The van der Waals surface area contributed by atoms with Crippen molar-refractivity contribution in [1.29, 1.82) is 0 Å². The zero-order chi connectivity index (χ0) is 27.4. The third-order valence-electron chi connectivity index (χ3n) is 6.02. The van der Waals surface area contributed by atoms with Gasteiger partial charge in [-0.05, 0) is 62.1 Å². The van der Waals surface area contributed by atoms with Gasteiger partial charge < -0.3 is 10.2 Å². The Labute approximate surface area is 232 Å². The van der Waals surface area contributed by atoms with E-state index in [1.54, 1.807) is 33.6 Å². The van der Waals surface area contributed by atoms with Crippen LogP contribution in [0.2, 0.25) is 10.0 Å². The summed E-state index contributed by atoms with van der Waals surface area (Å²) in [5, 5.41) is 30.9. The van der Waals surface area contributed by atoms with Gasteiger partial charge >= 0.3 is 0 Å². The number of aromatic nitrogens is 4. The molecule has 2 N–H and O–H groups in total. The fourth-order valence-corrected chi connectivity index (χ4v) is 4.34. The van der Waals surface area contributed by atoms with Crippen LogP contribution in [0.3, 0.4) is 0 Å². The van der Waals surface area contributed by atoms with Crippen LogP contribution in [0.5, 0.6) is 11.5 Å². The summed E-state index contributed by atoms with van der Waals surface area (Å²) in [5.74, 6) is 13.0. The van der Waals surface area contributed by atoms with Crippen LogP contribution in [0.1, 0.15) is 47.9 Å². The van der Waals surface area contributed by atoms with Gasteiger partial charge in [-0.3, -0.25) is 9.36 Å². The highest BCUT2D eigenvalue weighted by atomic mass is 35.5. The maximum Gasteiger partial charge on any atom is 0.125 e. The van der Waals surface area contributed by atoms with Crippen LogP contribution < -0.4 is 0 Å². The molecule has 0 aliphatic rings. The summed E-state index contributed by atoms with van der Waals surface area (Å²) in [7, 11) is 3.64. The maximum atomic E-state index is 10.4. The van der Waals surface area contributed by atoms with Gasteiger partial charge in [-0.1, -0.05) is 46.9 Å². The van der Waals surface area contributed by atoms with Crippen molar-refractivity contribution >= 4 is 23.2 Å². The fraction of sp³-hybridized carbons (Fsp3) is 0.267. The Morgan fingerprint density at radius 1 is 0.711 bits per heavy atom. The molecule has 38 heavy (non-hydrogen) atoms. The van der Waals surface area contributed by atoms with E-state index in [4.69, 9.17) is 23.2 Å². The number of halogens is 2. The van der Waals surface area contributed by atoms with Gasteiger partial charge in [0.1, 0.15) is 22.9 Å². The first-order chi connectivity index (χ1) is 18.1. The minimum atomic E-state index is 0.129. The molecule has 2 aromatic heterocycles. The number of aryl methyl sites for hydroxylation is 4. The highest BCUT2D eigenvalue weighted by molar-refractivity contribution is 6.32. The van der Waals surface area contributed by atoms with E-state index >= 15 is 0 Å². The Morgan fingerprint density at radius 2 is 1.11 bits per heavy atom. The topological polar surface area (TPSA) is 76.1 Å². The lowest BCUT2D eigenvalue weighted by molar-refractivity contribution is 0.476. The number of hydrogen-bond donors (Lipinski definition) is 2. The highest BCUT2D eigenvalue weighted by Crippen LogP contribution is 2.35. The maximum absolute atomic E-state index is 10.4. The molecule has 2 aromatic carbocycles. The number of phenols is 2. The average Bonchev–Trinajstić information content (AvgIpc) is 3.41. The summed E-state index contributed by atoms with van der Waals surface area (Å²) in [6.45, 7) is 3.69. The molecule has 0 radical (unpaired) electrons. The molecule has 0 aliphatic carbocycles. The number of hydrogen-bond acceptors (Lipinski definition) is 4. The van der Waals surface area contributed by atoms with Crippen molar-refractivity contribution in [1.82, 2.24) is 19.6 Å². The zero-order valence-corrected chi connectivity index (χ0v) is 23.2. The molecule has 4 aromatic rings. The number of nitrogens with zero attached hydrogens (tertiary/aromatic N) is 4. The van der Waals surface area contributed by atoms with E-state index in [0.717, 1.165) is 35.1 Å². The van der Waals surface area contributed by atoms with E-state index in [2.05, 4.69) is 33.9 Å². The van der Waals surface area contributed by atoms with Crippen molar-refractivity contribution in [2.75, 3.05) is 0 Å². The molecule has 0 bridgehead atoms. The van der Waals surface area contributed by atoms with Gasteiger partial charge in [-0.25, -0.2) is 0 Å². The second-order valence-electron chi connectivity index (χ2n) is 9.18. The fourth-order valence-electron chi connectivity index (χ4n) is 4.01. The molecule has 0 spiro atoms. The molecule has 0 aliphatic heterocycles. The first kappa shape index (κ1) is 27.2. The second kappa shape index (κ2) is 11.7. The van der Waals surface area contributed by atoms with E-state index < -0.39 is 0 Å². The Morgan fingerprint density at radius 3 is 1.50 bits per heavy atom. The third kappa shape index (κ3) is 6.17. The first-order valence-electron chi connectivity index (χ1n) is 12.2. The summed E-state index contributed by atoms with van der Waals surface area (Å²) in [6, 6.07) is 6.72. The van der Waals surface area contributed by atoms with E-state index in [9.17, 15) is 10.2 Å². The van der Waals surface area contributed by atoms with Crippen LogP contribution in [0.25, 0.3) is 22.5 Å². The Hall–Kier alpha value is -3.84. The summed E-state index contributed by atoms with van der Waals surface area (Å²) >= 11 is 12.5. The predicted octanol–water partition coefficient (Wildman–Crippen LogP) is 6.79. The largest absolute Gasteiger partial charge is 0.507 e. The minimum Gasteiger partial charge on any atom is -0.507 e. The van der Waals surface area contributed by atoms with E-state index in [1.807, 2.05) is 40.3 Å². The van der Waals surface area contributed by atoms with E-state index in [-0.39, 0.29) is 11.5 Å². The van der Waals surface area contributed by atoms with E-state index in [1.165, 1.54) is 0 Å². The molecule has 6 nitrogen and oxygen atoms in total. The monoisotopic (exact) mass is 546 g/mol. The molecule has 0 atom stereocenters. The third-order valence-corrected chi connectivity index (χ3v) is 6.84. The van der Waals surface area contributed by atoms with Gasteiger partial charge in [-0.2, -0.15) is 10.2 Å². The number of unbranched alkanes of at least 4 members (excludes halogenated alkanes) is 3. The van der Waals surface area contributed by atoms with Crippen molar-refractivity contribution in [2.45, 2.75) is 39.5 Å². The minimum absolute atomic E-state index is 0.129. The molecule has 0 saturated carbocycles. The van der Waals surface area contributed by atoms with Crippen LogP contribution in [-0.2, 0) is 14.1 Å². The summed E-state index contributed by atoms with van der Waals surface area (Å²) in [4.78, 5) is 0. The summed E-state index contributed by atoms with van der Waals surface area (Å²) < 4.78 is 3.36. The zero-order valence-electron chi connectivity index (χ0n) is 21.7. The quantitative estimate of drug-likeness (QED) is 0.213. The predicted molar refractivity (Wildman–Crippen MR) is 152 cm³/mol. The molecular weight excluding hydrogens is 519 g/mol. The average molecular weight is 547 g/mol. The summed E-state index contributed by atoms with van der Waals surface area (Å²) in [5.41, 5.74) is 5.44.